The largest absolute Gasteiger partial charge is 0.495 e. The summed E-state index contributed by atoms with van der Waals surface area (Å²) in [6.07, 6.45) is 0. The standard InChI is InChI=1S/C11H13ClN2O2/c1-7(2)13-11(15)14-8-4-5-10(16-3)9(12)6-8/h4-6H,1H2,2-3H3,(H2,13,14,15). The van der Waals surface area contributed by atoms with Crippen LogP contribution in [-0.2, 0) is 0 Å². The Kier molecular flexibility index (Phi) is 4.19. The minimum atomic E-state index is -0.353. The van der Waals surface area contributed by atoms with Crippen molar-refractivity contribution in [2.45, 2.75) is 6.92 Å². The molecule has 0 atom stereocenters. The molecule has 1 aromatic carbocycles. The number of amides is 2. The Morgan fingerprint density at radius 1 is 1.50 bits per heavy atom. The summed E-state index contributed by atoms with van der Waals surface area (Å²) < 4.78 is 5.00. The van der Waals surface area contributed by atoms with Crippen LogP contribution in [0.1, 0.15) is 6.92 Å². The van der Waals surface area contributed by atoms with Crippen molar-refractivity contribution in [3.63, 3.8) is 0 Å². The van der Waals surface area contributed by atoms with E-state index in [1.54, 1.807) is 25.1 Å². The van der Waals surface area contributed by atoms with Gasteiger partial charge in [-0.05, 0) is 25.1 Å². The lowest BCUT2D eigenvalue weighted by Crippen LogP contribution is -2.26. The zero-order valence-corrected chi connectivity index (χ0v) is 9.89. The van der Waals surface area contributed by atoms with Crippen molar-refractivity contribution in [1.29, 1.82) is 0 Å². The highest BCUT2D eigenvalue weighted by atomic mass is 35.5. The van der Waals surface area contributed by atoms with Gasteiger partial charge in [-0.1, -0.05) is 18.2 Å². The van der Waals surface area contributed by atoms with Crippen LogP contribution < -0.4 is 15.4 Å². The molecule has 0 heterocycles. The van der Waals surface area contributed by atoms with E-state index in [-0.39, 0.29) is 6.03 Å². The summed E-state index contributed by atoms with van der Waals surface area (Å²) >= 11 is 5.90. The van der Waals surface area contributed by atoms with E-state index in [0.717, 1.165) is 0 Å². The molecule has 0 aliphatic rings. The third-order valence-electron chi connectivity index (χ3n) is 1.74. The van der Waals surface area contributed by atoms with Gasteiger partial charge in [0.25, 0.3) is 0 Å². The predicted molar refractivity (Wildman–Crippen MR) is 65.0 cm³/mol. The van der Waals surface area contributed by atoms with E-state index in [1.807, 2.05) is 0 Å². The molecule has 86 valence electrons. The van der Waals surface area contributed by atoms with Gasteiger partial charge in [0.2, 0.25) is 0 Å². The van der Waals surface area contributed by atoms with Crippen LogP contribution in [0.3, 0.4) is 0 Å². The summed E-state index contributed by atoms with van der Waals surface area (Å²) in [5.74, 6) is 0.563. The summed E-state index contributed by atoms with van der Waals surface area (Å²) in [7, 11) is 1.53. The molecule has 0 fully saturated rings. The molecule has 0 unspecified atom stereocenters. The molecular weight excluding hydrogens is 228 g/mol. The van der Waals surface area contributed by atoms with E-state index in [2.05, 4.69) is 17.2 Å². The number of benzene rings is 1. The number of allylic oxidation sites excluding steroid dienone is 1. The second-order valence-corrected chi connectivity index (χ2v) is 3.62. The second-order valence-electron chi connectivity index (χ2n) is 3.21. The Labute approximate surface area is 99.2 Å². The topological polar surface area (TPSA) is 50.4 Å². The average molecular weight is 241 g/mol. The number of urea groups is 1. The lowest BCUT2D eigenvalue weighted by molar-refractivity contribution is 0.254. The van der Waals surface area contributed by atoms with Crippen LogP contribution >= 0.6 is 11.6 Å². The number of hydrogen-bond donors (Lipinski definition) is 2. The van der Waals surface area contributed by atoms with Gasteiger partial charge in [-0.25, -0.2) is 4.79 Å². The summed E-state index contributed by atoms with van der Waals surface area (Å²) in [6.45, 7) is 5.26. The SMILES string of the molecule is C=C(C)NC(=O)Nc1ccc(OC)c(Cl)c1. The minimum absolute atomic E-state index is 0.353. The Hall–Kier alpha value is -1.68. The Morgan fingerprint density at radius 3 is 2.69 bits per heavy atom. The lowest BCUT2D eigenvalue weighted by atomic mass is 10.3. The number of carbonyl (C=O) groups excluding carboxylic acids is 1. The number of rotatable bonds is 3. The van der Waals surface area contributed by atoms with Crippen LogP contribution in [0.5, 0.6) is 5.75 Å². The quantitative estimate of drug-likeness (QED) is 0.853. The van der Waals surface area contributed by atoms with Crippen molar-refractivity contribution < 1.29 is 9.53 Å². The molecule has 0 saturated heterocycles. The van der Waals surface area contributed by atoms with Gasteiger partial charge >= 0.3 is 6.03 Å². The molecule has 2 N–H and O–H groups in total. The highest BCUT2D eigenvalue weighted by Gasteiger charge is 2.04. The van der Waals surface area contributed by atoms with E-state index in [0.29, 0.717) is 22.2 Å². The van der Waals surface area contributed by atoms with E-state index < -0.39 is 0 Å². The first-order valence-electron chi connectivity index (χ1n) is 4.60. The fourth-order valence-electron chi connectivity index (χ4n) is 1.10. The number of hydrogen-bond acceptors (Lipinski definition) is 2. The number of halogens is 1. The summed E-state index contributed by atoms with van der Waals surface area (Å²) in [6, 6.07) is 4.63. The minimum Gasteiger partial charge on any atom is -0.495 e. The lowest BCUT2D eigenvalue weighted by Gasteiger charge is -2.08. The zero-order valence-electron chi connectivity index (χ0n) is 9.13. The van der Waals surface area contributed by atoms with E-state index >= 15 is 0 Å². The van der Waals surface area contributed by atoms with Gasteiger partial charge < -0.3 is 15.4 Å². The molecule has 4 nitrogen and oxygen atoms in total. The maximum absolute atomic E-state index is 11.3. The molecule has 2 amide bonds. The van der Waals surface area contributed by atoms with Crippen LogP contribution in [0, 0.1) is 0 Å². The molecule has 0 saturated carbocycles. The molecule has 0 bridgehead atoms. The number of carbonyl (C=O) groups is 1. The molecule has 5 heteroatoms. The molecular formula is C11H13ClN2O2. The van der Waals surface area contributed by atoms with E-state index in [1.165, 1.54) is 7.11 Å². The number of anilines is 1. The van der Waals surface area contributed by atoms with Crippen LogP contribution in [0.4, 0.5) is 10.5 Å². The Bertz CT molecular complexity index is 418. The van der Waals surface area contributed by atoms with Crippen LogP contribution in [0.15, 0.2) is 30.5 Å². The van der Waals surface area contributed by atoms with E-state index in [9.17, 15) is 4.79 Å². The van der Waals surface area contributed by atoms with Gasteiger partial charge in [0, 0.05) is 11.4 Å². The molecule has 1 rings (SSSR count). The maximum Gasteiger partial charge on any atom is 0.323 e. The van der Waals surface area contributed by atoms with Gasteiger partial charge in [-0.15, -0.1) is 0 Å². The Morgan fingerprint density at radius 2 is 2.19 bits per heavy atom. The first-order valence-corrected chi connectivity index (χ1v) is 4.98. The van der Waals surface area contributed by atoms with Gasteiger partial charge in [-0.2, -0.15) is 0 Å². The van der Waals surface area contributed by atoms with Gasteiger partial charge in [0.05, 0.1) is 12.1 Å². The molecule has 0 aromatic heterocycles. The average Bonchev–Trinajstić information content (AvgIpc) is 2.16. The normalized spacial score (nSPS) is 9.44. The van der Waals surface area contributed by atoms with Crippen molar-refractivity contribution in [1.82, 2.24) is 5.32 Å². The fourth-order valence-corrected chi connectivity index (χ4v) is 1.36. The second kappa shape index (κ2) is 5.42. The Balaban J connectivity index is 2.71. The molecule has 0 aliphatic heterocycles. The summed E-state index contributed by atoms with van der Waals surface area (Å²) in [4.78, 5) is 11.3. The van der Waals surface area contributed by atoms with Gasteiger partial charge in [0.1, 0.15) is 5.75 Å². The van der Waals surface area contributed by atoms with Crippen molar-refractivity contribution in [3.05, 3.63) is 35.5 Å². The van der Waals surface area contributed by atoms with Crippen molar-refractivity contribution in [2.24, 2.45) is 0 Å². The first kappa shape index (κ1) is 12.4. The van der Waals surface area contributed by atoms with Crippen molar-refractivity contribution in [2.75, 3.05) is 12.4 Å². The van der Waals surface area contributed by atoms with Crippen LogP contribution in [0.2, 0.25) is 5.02 Å². The monoisotopic (exact) mass is 240 g/mol. The number of ether oxygens (including phenoxy) is 1. The third-order valence-corrected chi connectivity index (χ3v) is 2.03. The van der Waals surface area contributed by atoms with Crippen LogP contribution in [-0.4, -0.2) is 13.1 Å². The molecule has 16 heavy (non-hydrogen) atoms. The highest BCUT2D eigenvalue weighted by Crippen LogP contribution is 2.27. The smallest absolute Gasteiger partial charge is 0.323 e. The zero-order chi connectivity index (χ0) is 12.1. The first-order chi connectivity index (χ1) is 7.52. The highest BCUT2D eigenvalue weighted by molar-refractivity contribution is 6.32. The molecule has 0 radical (unpaired) electrons. The fraction of sp³-hybridized carbons (Fsp3) is 0.182. The number of nitrogens with one attached hydrogen (secondary N) is 2. The molecule has 0 aliphatic carbocycles. The third kappa shape index (κ3) is 3.47. The van der Waals surface area contributed by atoms with E-state index in [4.69, 9.17) is 16.3 Å². The van der Waals surface area contributed by atoms with Crippen molar-refractivity contribution >= 4 is 23.3 Å². The maximum atomic E-state index is 11.3. The van der Waals surface area contributed by atoms with Gasteiger partial charge in [0.15, 0.2) is 0 Å². The van der Waals surface area contributed by atoms with Gasteiger partial charge in [-0.3, -0.25) is 0 Å². The molecule has 1 aromatic rings. The predicted octanol–water partition coefficient (Wildman–Crippen LogP) is 3.00. The van der Waals surface area contributed by atoms with Crippen molar-refractivity contribution in [3.8, 4) is 5.75 Å². The summed E-state index contributed by atoms with van der Waals surface area (Å²) in [5, 5.41) is 5.58. The molecule has 0 spiro atoms. The number of methoxy groups -OCH3 is 1. The van der Waals surface area contributed by atoms with Crippen LogP contribution in [0.25, 0.3) is 0 Å². The summed E-state index contributed by atoms with van der Waals surface area (Å²) in [5.41, 5.74) is 1.15.